The van der Waals surface area contributed by atoms with Gasteiger partial charge in [0.2, 0.25) is 5.91 Å². The number of hydrogen-bond donors (Lipinski definition) is 2. The molecule has 0 spiro atoms. The molecule has 0 aliphatic carbocycles. The lowest BCUT2D eigenvalue weighted by molar-refractivity contribution is -0.121. The smallest absolute Gasteiger partial charge is 0.336 e. The number of anilines is 1. The zero-order valence-corrected chi connectivity index (χ0v) is 15.3. The second-order valence-electron chi connectivity index (χ2n) is 5.96. The molecule has 0 fully saturated rings. The molecular formula is C17H14FN5O4S. The molecule has 0 saturated heterocycles. The molecule has 2 aromatic rings. The summed E-state index contributed by atoms with van der Waals surface area (Å²) >= 11 is 0. The van der Waals surface area contributed by atoms with Crippen LogP contribution in [0.2, 0.25) is 0 Å². The number of fused-ring (bicyclic) bond motifs is 1. The lowest BCUT2D eigenvalue weighted by Gasteiger charge is -2.28. The SMILES string of the molecule is C[C@H](NC(=O)CN1C(=O)Nc2ccc(F)cc2S1(=O)=O)c1ccc(C#N)cn1. The standard InChI is InChI=1S/C17H14FN5O4S/c1-10(13-4-2-11(7-19)8-20-13)21-16(24)9-23-17(25)22-14-5-3-12(18)6-15(14)28(23,26)27/h2-6,8,10H,9H2,1H3,(H,21,24)(H,22,25)/t10-/m0/s1. The predicted octanol–water partition coefficient (Wildman–Crippen LogP) is 1.51. The van der Waals surface area contributed by atoms with Crippen molar-refractivity contribution < 1.29 is 22.4 Å². The first kappa shape index (κ1) is 19.2. The van der Waals surface area contributed by atoms with Gasteiger partial charge in [0, 0.05) is 6.20 Å². The van der Waals surface area contributed by atoms with Gasteiger partial charge in [0.05, 0.1) is 23.0 Å². The maximum atomic E-state index is 13.4. The number of carbonyl (C=O) groups is 2. The Labute approximate surface area is 159 Å². The summed E-state index contributed by atoms with van der Waals surface area (Å²) < 4.78 is 39.0. The van der Waals surface area contributed by atoms with E-state index < -0.39 is 45.3 Å². The molecule has 0 radical (unpaired) electrons. The van der Waals surface area contributed by atoms with Crippen molar-refractivity contribution in [1.29, 1.82) is 5.26 Å². The van der Waals surface area contributed by atoms with Crippen molar-refractivity contribution >= 4 is 27.6 Å². The summed E-state index contributed by atoms with van der Waals surface area (Å²) in [6.07, 6.45) is 1.34. The van der Waals surface area contributed by atoms with Crippen LogP contribution in [0.5, 0.6) is 0 Å². The topological polar surface area (TPSA) is 132 Å². The van der Waals surface area contributed by atoms with E-state index >= 15 is 0 Å². The first-order chi connectivity index (χ1) is 13.2. The third kappa shape index (κ3) is 3.63. The number of halogens is 1. The van der Waals surface area contributed by atoms with Crippen LogP contribution in [0.4, 0.5) is 14.9 Å². The Morgan fingerprint density at radius 3 is 2.79 bits per heavy atom. The van der Waals surface area contributed by atoms with E-state index in [0.29, 0.717) is 15.6 Å². The molecule has 2 heterocycles. The van der Waals surface area contributed by atoms with Gasteiger partial charge in [-0.2, -0.15) is 5.26 Å². The molecule has 28 heavy (non-hydrogen) atoms. The van der Waals surface area contributed by atoms with Crippen molar-refractivity contribution in [2.24, 2.45) is 0 Å². The highest BCUT2D eigenvalue weighted by Gasteiger charge is 2.38. The van der Waals surface area contributed by atoms with E-state index in [1.165, 1.54) is 12.3 Å². The number of carbonyl (C=O) groups excluding carboxylic acids is 2. The van der Waals surface area contributed by atoms with E-state index in [1.54, 1.807) is 13.0 Å². The van der Waals surface area contributed by atoms with Crippen LogP contribution in [-0.2, 0) is 14.8 Å². The third-order valence-corrected chi connectivity index (χ3v) is 5.77. The molecule has 1 aliphatic rings. The highest BCUT2D eigenvalue weighted by atomic mass is 32.2. The lowest BCUT2D eigenvalue weighted by atomic mass is 10.2. The Morgan fingerprint density at radius 2 is 2.14 bits per heavy atom. The van der Waals surface area contributed by atoms with Crippen molar-refractivity contribution in [2.45, 2.75) is 17.9 Å². The minimum absolute atomic E-state index is 0.0572. The van der Waals surface area contributed by atoms with E-state index in [1.807, 2.05) is 6.07 Å². The largest absolute Gasteiger partial charge is 0.346 e. The van der Waals surface area contributed by atoms with Crippen LogP contribution < -0.4 is 10.6 Å². The number of pyridine rings is 1. The summed E-state index contributed by atoms with van der Waals surface area (Å²) in [5.41, 5.74) is 0.744. The second-order valence-corrected chi connectivity index (χ2v) is 7.79. The lowest BCUT2D eigenvalue weighted by Crippen LogP contribution is -2.49. The summed E-state index contributed by atoms with van der Waals surface area (Å²) in [7, 11) is -4.39. The average Bonchev–Trinajstić information content (AvgIpc) is 2.66. The van der Waals surface area contributed by atoms with Crippen molar-refractivity contribution in [3.8, 4) is 6.07 Å². The third-order valence-electron chi connectivity index (χ3n) is 4.00. The number of nitrogens with zero attached hydrogens (tertiary/aromatic N) is 3. The van der Waals surface area contributed by atoms with Crippen LogP contribution in [0.25, 0.3) is 0 Å². The summed E-state index contributed by atoms with van der Waals surface area (Å²) in [6.45, 7) is 0.826. The fraction of sp³-hybridized carbons (Fsp3) is 0.176. The van der Waals surface area contributed by atoms with E-state index in [4.69, 9.17) is 5.26 Å². The summed E-state index contributed by atoms with van der Waals surface area (Å²) in [5, 5.41) is 13.6. The van der Waals surface area contributed by atoms with E-state index in [-0.39, 0.29) is 5.69 Å². The van der Waals surface area contributed by atoms with Gasteiger partial charge >= 0.3 is 6.03 Å². The molecule has 144 valence electrons. The van der Waals surface area contributed by atoms with Crippen LogP contribution in [0, 0.1) is 17.1 Å². The summed E-state index contributed by atoms with van der Waals surface area (Å²) in [5.74, 6) is -1.54. The second kappa shape index (κ2) is 7.24. The van der Waals surface area contributed by atoms with Crippen molar-refractivity contribution in [2.75, 3.05) is 11.9 Å². The molecule has 1 aliphatic heterocycles. The molecule has 0 bridgehead atoms. The molecular weight excluding hydrogens is 389 g/mol. The maximum absolute atomic E-state index is 13.4. The number of urea groups is 1. The summed E-state index contributed by atoms with van der Waals surface area (Å²) in [6, 6.07) is 6.31. The van der Waals surface area contributed by atoms with Gasteiger partial charge in [-0.1, -0.05) is 0 Å². The average molecular weight is 403 g/mol. The van der Waals surface area contributed by atoms with Gasteiger partial charge in [-0.25, -0.2) is 21.9 Å². The molecule has 0 unspecified atom stereocenters. The van der Waals surface area contributed by atoms with Crippen molar-refractivity contribution in [1.82, 2.24) is 14.6 Å². The Kier molecular flexibility index (Phi) is 4.98. The first-order valence-electron chi connectivity index (χ1n) is 8.01. The van der Waals surface area contributed by atoms with Gasteiger partial charge in [-0.3, -0.25) is 9.78 Å². The molecule has 1 atom stereocenters. The number of benzene rings is 1. The minimum Gasteiger partial charge on any atom is -0.346 e. The van der Waals surface area contributed by atoms with Crippen LogP contribution in [0.3, 0.4) is 0 Å². The predicted molar refractivity (Wildman–Crippen MR) is 94.8 cm³/mol. The minimum atomic E-state index is -4.39. The van der Waals surface area contributed by atoms with Gasteiger partial charge < -0.3 is 10.6 Å². The normalized spacial score (nSPS) is 15.8. The van der Waals surface area contributed by atoms with E-state index in [0.717, 1.165) is 18.2 Å². The van der Waals surface area contributed by atoms with Crippen LogP contribution in [0.15, 0.2) is 41.4 Å². The highest BCUT2D eigenvalue weighted by molar-refractivity contribution is 7.90. The van der Waals surface area contributed by atoms with Crippen LogP contribution in [-0.4, -0.2) is 36.2 Å². The fourth-order valence-corrected chi connectivity index (χ4v) is 4.04. The number of sulfonamides is 1. The van der Waals surface area contributed by atoms with Crippen molar-refractivity contribution in [3.05, 3.63) is 53.6 Å². The Hall–Kier alpha value is -3.52. The fourth-order valence-electron chi connectivity index (χ4n) is 2.59. The van der Waals surface area contributed by atoms with Gasteiger partial charge in [-0.05, 0) is 37.3 Å². The van der Waals surface area contributed by atoms with Gasteiger partial charge in [0.15, 0.2) is 0 Å². The molecule has 9 nitrogen and oxygen atoms in total. The number of rotatable bonds is 4. The molecule has 1 aromatic heterocycles. The number of aromatic nitrogens is 1. The molecule has 1 aromatic carbocycles. The molecule has 11 heteroatoms. The van der Waals surface area contributed by atoms with Gasteiger partial charge in [0.1, 0.15) is 23.3 Å². The zero-order valence-electron chi connectivity index (χ0n) is 14.5. The molecule has 3 rings (SSSR count). The van der Waals surface area contributed by atoms with E-state index in [9.17, 15) is 22.4 Å². The molecule has 0 saturated carbocycles. The highest BCUT2D eigenvalue weighted by Crippen LogP contribution is 2.30. The van der Waals surface area contributed by atoms with E-state index in [2.05, 4.69) is 15.6 Å². The van der Waals surface area contributed by atoms with Gasteiger partial charge in [0.25, 0.3) is 10.0 Å². The van der Waals surface area contributed by atoms with Gasteiger partial charge in [-0.15, -0.1) is 0 Å². The number of nitrogens with one attached hydrogen (secondary N) is 2. The number of amides is 3. The summed E-state index contributed by atoms with van der Waals surface area (Å²) in [4.78, 5) is 28.0. The Morgan fingerprint density at radius 1 is 1.39 bits per heavy atom. The monoisotopic (exact) mass is 403 g/mol. The Balaban J connectivity index is 1.76. The Bertz CT molecular complexity index is 1100. The van der Waals surface area contributed by atoms with Crippen LogP contribution in [0.1, 0.15) is 24.2 Å². The number of nitriles is 1. The van der Waals surface area contributed by atoms with Crippen LogP contribution >= 0.6 is 0 Å². The maximum Gasteiger partial charge on any atom is 0.336 e. The van der Waals surface area contributed by atoms with Crippen molar-refractivity contribution in [3.63, 3.8) is 0 Å². The molecule has 3 amide bonds. The quantitative estimate of drug-likeness (QED) is 0.795. The zero-order chi connectivity index (χ0) is 20.5. The number of hydrogen-bond acceptors (Lipinski definition) is 6. The first-order valence-corrected chi connectivity index (χ1v) is 9.45. The molecule has 2 N–H and O–H groups in total.